The molecule has 0 aliphatic heterocycles. The van der Waals surface area contributed by atoms with Gasteiger partial charge >= 0.3 is 0 Å². The van der Waals surface area contributed by atoms with Crippen molar-refractivity contribution in [1.29, 1.82) is 0 Å². The summed E-state index contributed by atoms with van der Waals surface area (Å²) in [7, 11) is 1.51. The zero-order valence-electron chi connectivity index (χ0n) is 13.5. The number of carbonyl (C=O) groups excluding carboxylic acids is 1. The molecule has 2 aromatic rings. The van der Waals surface area contributed by atoms with Gasteiger partial charge in [-0.15, -0.1) is 0 Å². The minimum Gasteiger partial charge on any atom is -0.480 e. The Balaban J connectivity index is 2.10. The van der Waals surface area contributed by atoms with Gasteiger partial charge < -0.3 is 10.1 Å². The number of hydrogen-bond donors (Lipinski definition) is 1. The molecule has 0 bridgehead atoms. The summed E-state index contributed by atoms with van der Waals surface area (Å²) in [6, 6.07) is 11.8. The molecule has 0 radical (unpaired) electrons. The van der Waals surface area contributed by atoms with Crippen LogP contribution in [0.2, 0.25) is 0 Å². The third-order valence-corrected chi connectivity index (χ3v) is 3.70. The molecule has 2 rings (SSSR count). The van der Waals surface area contributed by atoms with Crippen molar-refractivity contribution in [2.24, 2.45) is 0 Å². The Kier molecular flexibility index (Phi) is 4.81. The highest BCUT2D eigenvalue weighted by Crippen LogP contribution is 2.23. The van der Waals surface area contributed by atoms with Crippen LogP contribution in [0, 0.1) is 6.92 Å². The van der Waals surface area contributed by atoms with Crippen LogP contribution in [-0.4, -0.2) is 24.5 Å². The van der Waals surface area contributed by atoms with E-state index in [1.165, 1.54) is 18.2 Å². The number of benzene rings is 1. The molecule has 0 aliphatic carbocycles. The predicted octanol–water partition coefficient (Wildman–Crippen LogP) is 3.11. The molecule has 4 heteroatoms. The van der Waals surface area contributed by atoms with Crippen molar-refractivity contribution >= 4 is 5.91 Å². The molecular weight excluding hydrogens is 276 g/mol. The number of amides is 1. The highest BCUT2D eigenvalue weighted by atomic mass is 16.5. The van der Waals surface area contributed by atoms with Crippen LogP contribution in [0.25, 0.3) is 0 Å². The van der Waals surface area contributed by atoms with Crippen molar-refractivity contribution < 1.29 is 9.53 Å². The Morgan fingerprint density at radius 1 is 1.27 bits per heavy atom. The molecule has 1 N–H and O–H groups in total. The Hall–Kier alpha value is -2.36. The van der Waals surface area contributed by atoms with Crippen LogP contribution in [0.5, 0.6) is 5.88 Å². The Morgan fingerprint density at radius 2 is 2.05 bits per heavy atom. The highest BCUT2D eigenvalue weighted by molar-refractivity contribution is 5.96. The maximum atomic E-state index is 12.3. The summed E-state index contributed by atoms with van der Waals surface area (Å²) < 4.78 is 5.13. The van der Waals surface area contributed by atoms with Gasteiger partial charge in [0.1, 0.15) is 5.56 Å². The SMILES string of the molecule is COc1ncccc1C(=O)NCC(C)(C)c1cccc(C)c1. The first-order valence-electron chi connectivity index (χ1n) is 7.28. The van der Waals surface area contributed by atoms with Crippen molar-refractivity contribution in [3.05, 3.63) is 59.3 Å². The van der Waals surface area contributed by atoms with E-state index < -0.39 is 0 Å². The van der Waals surface area contributed by atoms with Gasteiger partial charge in [0.15, 0.2) is 0 Å². The average Bonchev–Trinajstić information content (AvgIpc) is 2.52. The van der Waals surface area contributed by atoms with Crippen LogP contribution >= 0.6 is 0 Å². The summed E-state index contributed by atoms with van der Waals surface area (Å²) in [6.45, 7) is 6.83. The molecule has 4 nitrogen and oxygen atoms in total. The lowest BCUT2D eigenvalue weighted by atomic mass is 9.84. The molecule has 0 unspecified atom stereocenters. The molecule has 0 saturated carbocycles. The van der Waals surface area contributed by atoms with E-state index in [0.29, 0.717) is 18.0 Å². The van der Waals surface area contributed by atoms with Crippen molar-refractivity contribution in [3.8, 4) is 5.88 Å². The maximum Gasteiger partial charge on any atom is 0.256 e. The van der Waals surface area contributed by atoms with E-state index in [0.717, 1.165) is 0 Å². The largest absolute Gasteiger partial charge is 0.480 e. The molecule has 1 heterocycles. The van der Waals surface area contributed by atoms with Crippen LogP contribution in [0.1, 0.15) is 35.3 Å². The van der Waals surface area contributed by atoms with E-state index in [2.05, 4.69) is 49.3 Å². The van der Waals surface area contributed by atoms with Gasteiger partial charge in [-0.3, -0.25) is 4.79 Å². The van der Waals surface area contributed by atoms with Crippen molar-refractivity contribution in [2.75, 3.05) is 13.7 Å². The zero-order chi connectivity index (χ0) is 16.2. The fourth-order valence-electron chi connectivity index (χ4n) is 2.29. The smallest absolute Gasteiger partial charge is 0.256 e. The number of carbonyl (C=O) groups is 1. The molecule has 1 aromatic carbocycles. The van der Waals surface area contributed by atoms with Crippen molar-refractivity contribution in [1.82, 2.24) is 10.3 Å². The van der Waals surface area contributed by atoms with E-state index in [1.807, 2.05) is 6.07 Å². The lowest BCUT2D eigenvalue weighted by molar-refractivity contribution is 0.0942. The van der Waals surface area contributed by atoms with Crippen LogP contribution in [0.15, 0.2) is 42.6 Å². The van der Waals surface area contributed by atoms with Crippen LogP contribution < -0.4 is 10.1 Å². The second kappa shape index (κ2) is 6.60. The van der Waals surface area contributed by atoms with Gasteiger partial charge in [-0.25, -0.2) is 4.98 Å². The van der Waals surface area contributed by atoms with Crippen molar-refractivity contribution in [2.45, 2.75) is 26.2 Å². The topological polar surface area (TPSA) is 51.2 Å². The van der Waals surface area contributed by atoms with Crippen LogP contribution in [-0.2, 0) is 5.41 Å². The zero-order valence-corrected chi connectivity index (χ0v) is 13.5. The number of aromatic nitrogens is 1. The Bertz CT molecular complexity index is 666. The molecule has 0 fully saturated rings. The summed E-state index contributed by atoms with van der Waals surface area (Å²) in [5.74, 6) is 0.166. The van der Waals surface area contributed by atoms with Crippen LogP contribution in [0.4, 0.5) is 0 Å². The van der Waals surface area contributed by atoms with E-state index in [9.17, 15) is 4.79 Å². The number of ether oxygens (including phenoxy) is 1. The van der Waals surface area contributed by atoms with Gasteiger partial charge in [-0.05, 0) is 24.6 Å². The predicted molar refractivity (Wildman–Crippen MR) is 87.3 cm³/mol. The first-order chi connectivity index (χ1) is 10.4. The van der Waals surface area contributed by atoms with Crippen molar-refractivity contribution in [3.63, 3.8) is 0 Å². The number of methoxy groups -OCH3 is 1. The fraction of sp³-hybridized carbons (Fsp3) is 0.333. The minimum atomic E-state index is -0.175. The van der Waals surface area contributed by atoms with E-state index in [1.54, 1.807) is 18.3 Å². The second-order valence-electron chi connectivity index (χ2n) is 6.00. The lowest BCUT2D eigenvalue weighted by Crippen LogP contribution is -2.36. The third kappa shape index (κ3) is 3.64. The summed E-state index contributed by atoms with van der Waals surface area (Å²) >= 11 is 0. The number of hydrogen-bond acceptors (Lipinski definition) is 3. The fourth-order valence-corrected chi connectivity index (χ4v) is 2.29. The lowest BCUT2D eigenvalue weighted by Gasteiger charge is -2.26. The number of aryl methyl sites for hydroxylation is 1. The average molecular weight is 298 g/mol. The molecular formula is C18H22N2O2. The summed E-state index contributed by atoms with van der Waals surface area (Å²) in [6.07, 6.45) is 1.60. The van der Waals surface area contributed by atoms with Gasteiger partial charge in [-0.1, -0.05) is 43.7 Å². The summed E-state index contributed by atoms with van der Waals surface area (Å²) in [5.41, 5.74) is 2.71. The second-order valence-corrected chi connectivity index (χ2v) is 6.00. The number of nitrogens with one attached hydrogen (secondary N) is 1. The molecule has 0 atom stereocenters. The Labute approximate surface area is 131 Å². The summed E-state index contributed by atoms with van der Waals surface area (Å²) in [4.78, 5) is 16.4. The first kappa shape index (κ1) is 16.0. The van der Waals surface area contributed by atoms with Gasteiger partial charge in [-0.2, -0.15) is 0 Å². The van der Waals surface area contributed by atoms with E-state index >= 15 is 0 Å². The monoisotopic (exact) mass is 298 g/mol. The van der Waals surface area contributed by atoms with Gasteiger partial charge in [0.05, 0.1) is 7.11 Å². The van der Waals surface area contributed by atoms with Gasteiger partial charge in [0, 0.05) is 18.2 Å². The van der Waals surface area contributed by atoms with Gasteiger partial charge in [0.2, 0.25) is 5.88 Å². The quantitative estimate of drug-likeness (QED) is 0.922. The first-order valence-corrected chi connectivity index (χ1v) is 7.28. The standard InChI is InChI=1S/C18H22N2O2/c1-13-7-5-8-14(11-13)18(2,3)12-20-16(21)15-9-6-10-19-17(15)22-4/h5-11H,12H2,1-4H3,(H,20,21). The van der Waals surface area contributed by atoms with Gasteiger partial charge in [0.25, 0.3) is 5.91 Å². The maximum absolute atomic E-state index is 12.3. The molecule has 0 saturated heterocycles. The van der Waals surface area contributed by atoms with E-state index in [-0.39, 0.29) is 11.3 Å². The number of pyridine rings is 1. The molecule has 0 spiro atoms. The number of rotatable bonds is 5. The minimum absolute atomic E-state index is 0.156. The van der Waals surface area contributed by atoms with Crippen LogP contribution in [0.3, 0.4) is 0 Å². The van der Waals surface area contributed by atoms with E-state index in [4.69, 9.17) is 4.74 Å². The summed E-state index contributed by atoms with van der Waals surface area (Å²) in [5, 5.41) is 2.97. The molecule has 116 valence electrons. The normalized spacial score (nSPS) is 11.1. The molecule has 1 amide bonds. The Morgan fingerprint density at radius 3 is 2.73 bits per heavy atom. The highest BCUT2D eigenvalue weighted by Gasteiger charge is 2.22. The third-order valence-electron chi connectivity index (χ3n) is 3.70. The molecule has 1 aromatic heterocycles. The number of nitrogens with zero attached hydrogens (tertiary/aromatic N) is 1. The molecule has 22 heavy (non-hydrogen) atoms. The molecule has 0 aliphatic rings.